The fourth-order valence-corrected chi connectivity index (χ4v) is 1.38. The van der Waals surface area contributed by atoms with Crippen molar-refractivity contribution in [1.82, 2.24) is 0 Å². The molecular weight excluding hydrogens is 200 g/mol. The van der Waals surface area contributed by atoms with Crippen molar-refractivity contribution in [2.24, 2.45) is 11.3 Å². The van der Waals surface area contributed by atoms with Crippen LogP contribution in [-0.2, 0) is 9.53 Å². The molecule has 0 amide bonds. The van der Waals surface area contributed by atoms with Gasteiger partial charge in [-0.05, 0) is 18.3 Å². The summed E-state index contributed by atoms with van der Waals surface area (Å²) < 4.78 is 5.34. The van der Waals surface area contributed by atoms with E-state index in [-0.39, 0.29) is 18.3 Å². The highest BCUT2D eigenvalue weighted by Crippen LogP contribution is 2.21. The van der Waals surface area contributed by atoms with E-state index in [9.17, 15) is 4.79 Å². The van der Waals surface area contributed by atoms with Gasteiger partial charge in [-0.2, -0.15) is 0 Å². The van der Waals surface area contributed by atoms with Crippen molar-refractivity contribution in [2.75, 3.05) is 13.2 Å². The zero-order valence-corrected chi connectivity index (χ0v) is 11.6. The number of hydrogen-bond acceptors (Lipinski definition) is 2. The average molecular weight is 228 g/mol. The van der Waals surface area contributed by atoms with Crippen molar-refractivity contribution in [3.63, 3.8) is 0 Å². The van der Waals surface area contributed by atoms with Gasteiger partial charge >= 0.3 is 0 Å². The molecule has 0 aromatic rings. The molecule has 0 aliphatic heterocycles. The van der Waals surface area contributed by atoms with Crippen molar-refractivity contribution in [3.05, 3.63) is 0 Å². The Kier molecular flexibility index (Phi) is 7.65. The zero-order chi connectivity index (χ0) is 12.6. The summed E-state index contributed by atoms with van der Waals surface area (Å²) in [6, 6.07) is 0. The van der Waals surface area contributed by atoms with Crippen LogP contribution in [0.3, 0.4) is 0 Å². The van der Waals surface area contributed by atoms with Crippen LogP contribution >= 0.6 is 0 Å². The maximum atomic E-state index is 11.2. The van der Waals surface area contributed by atoms with E-state index in [2.05, 4.69) is 20.8 Å². The third-order valence-electron chi connectivity index (χ3n) is 2.60. The minimum Gasteiger partial charge on any atom is -0.374 e. The fraction of sp³-hybridized carbons (Fsp3) is 0.929. The quantitative estimate of drug-likeness (QED) is 0.590. The molecule has 0 N–H and O–H groups in total. The van der Waals surface area contributed by atoms with E-state index in [1.54, 1.807) is 0 Å². The van der Waals surface area contributed by atoms with E-state index >= 15 is 0 Å². The van der Waals surface area contributed by atoms with E-state index < -0.39 is 0 Å². The average Bonchev–Trinajstić information content (AvgIpc) is 2.14. The molecule has 0 atom stereocenters. The van der Waals surface area contributed by atoms with Gasteiger partial charge < -0.3 is 4.74 Å². The molecule has 0 bridgehead atoms. The van der Waals surface area contributed by atoms with Crippen LogP contribution in [0, 0.1) is 11.3 Å². The first-order valence-corrected chi connectivity index (χ1v) is 6.43. The van der Waals surface area contributed by atoms with Crippen LogP contribution in [0.2, 0.25) is 0 Å². The Morgan fingerprint density at radius 1 is 1.12 bits per heavy atom. The topological polar surface area (TPSA) is 26.3 Å². The number of carbonyl (C=O) groups is 1. The second-order valence-electron chi connectivity index (χ2n) is 6.04. The molecule has 0 aromatic heterocycles. The maximum Gasteiger partial charge on any atom is 0.160 e. The van der Waals surface area contributed by atoms with Gasteiger partial charge in [-0.15, -0.1) is 0 Å². The lowest BCUT2D eigenvalue weighted by Crippen LogP contribution is -2.15. The lowest BCUT2D eigenvalue weighted by Gasteiger charge is -2.17. The Labute approximate surface area is 101 Å². The molecule has 0 radical (unpaired) electrons. The van der Waals surface area contributed by atoms with Gasteiger partial charge in [0, 0.05) is 12.5 Å². The van der Waals surface area contributed by atoms with E-state index in [1.165, 1.54) is 19.3 Å². The molecule has 0 saturated heterocycles. The maximum absolute atomic E-state index is 11.2. The van der Waals surface area contributed by atoms with E-state index in [1.807, 2.05) is 13.8 Å². The van der Waals surface area contributed by atoms with Crippen LogP contribution < -0.4 is 0 Å². The number of ketones is 1. The first-order chi connectivity index (χ1) is 7.33. The number of rotatable bonds is 8. The van der Waals surface area contributed by atoms with Crippen molar-refractivity contribution in [3.8, 4) is 0 Å². The third-order valence-corrected chi connectivity index (χ3v) is 2.60. The first kappa shape index (κ1) is 15.6. The summed E-state index contributed by atoms with van der Waals surface area (Å²) in [6.45, 7) is 11.6. The summed E-state index contributed by atoms with van der Waals surface area (Å²) in [4.78, 5) is 11.2. The predicted molar refractivity (Wildman–Crippen MR) is 68.6 cm³/mol. The summed E-state index contributed by atoms with van der Waals surface area (Å²) in [5, 5.41) is 0. The zero-order valence-electron chi connectivity index (χ0n) is 11.6. The van der Waals surface area contributed by atoms with Gasteiger partial charge in [0.2, 0.25) is 0 Å². The van der Waals surface area contributed by atoms with Crippen LogP contribution in [-0.4, -0.2) is 19.0 Å². The van der Waals surface area contributed by atoms with Crippen molar-refractivity contribution in [1.29, 1.82) is 0 Å². The number of Topliss-reactive ketones (excluding diaryl/α,β-unsaturated/α-hetero) is 1. The van der Waals surface area contributed by atoms with Crippen molar-refractivity contribution >= 4 is 5.78 Å². The second kappa shape index (κ2) is 7.83. The molecule has 0 aromatic carbocycles. The molecule has 0 spiro atoms. The van der Waals surface area contributed by atoms with Crippen LogP contribution in [0.5, 0.6) is 0 Å². The minimum absolute atomic E-state index is 0.0980. The van der Waals surface area contributed by atoms with Gasteiger partial charge in [0.15, 0.2) is 5.78 Å². The SMILES string of the molecule is CC(C)C(=O)COCCCCCC(C)(C)C. The molecule has 16 heavy (non-hydrogen) atoms. The monoisotopic (exact) mass is 228 g/mol. The van der Waals surface area contributed by atoms with E-state index in [4.69, 9.17) is 4.74 Å². The minimum atomic E-state index is 0.0980. The normalized spacial score (nSPS) is 12.1. The molecule has 0 aliphatic rings. The highest BCUT2D eigenvalue weighted by Gasteiger charge is 2.09. The number of hydrogen-bond donors (Lipinski definition) is 0. The highest BCUT2D eigenvalue weighted by molar-refractivity contribution is 5.81. The molecule has 0 unspecified atom stereocenters. The van der Waals surface area contributed by atoms with Crippen LogP contribution in [0.4, 0.5) is 0 Å². The molecule has 0 fully saturated rings. The fourth-order valence-electron chi connectivity index (χ4n) is 1.38. The number of unbranched alkanes of at least 4 members (excludes halogenated alkanes) is 2. The second-order valence-corrected chi connectivity index (χ2v) is 6.04. The number of ether oxygens (including phenoxy) is 1. The Hall–Kier alpha value is -0.370. The molecular formula is C14H28O2. The molecule has 0 aliphatic carbocycles. The van der Waals surface area contributed by atoms with Gasteiger partial charge in [-0.3, -0.25) is 4.79 Å². The molecule has 2 nitrogen and oxygen atoms in total. The summed E-state index contributed by atoms with van der Waals surface area (Å²) in [7, 11) is 0. The Balaban J connectivity index is 3.26. The Morgan fingerprint density at radius 3 is 2.25 bits per heavy atom. The summed E-state index contributed by atoms with van der Waals surface area (Å²) >= 11 is 0. The van der Waals surface area contributed by atoms with E-state index in [0.717, 1.165) is 13.0 Å². The van der Waals surface area contributed by atoms with Gasteiger partial charge in [-0.1, -0.05) is 47.5 Å². The number of carbonyl (C=O) groups excluding carboxylic acids is 1. The van der Waals surface area contributed by atoms with Crippen LogP contribution in [0.1, 0.15) is 60.3 Å². The van der Waals surface area contributed by atoms with Crippen LogP contribution in [0.25, 0.3) is 0 Å². The standard InChI is InChI=1S/C14H28O2/c1-12(2)13(15)11-16-10-8-6-7-9-14(3,4)5/h12H,6-11H2,1-5H3. The summed E-state index contributed by atoms with van der Waals surface area (Å²) in [6.07, 6.45) is 4.79. The molecule has 2 heteroatoms. The summed E-state index contributed by atoms with van der Waals surface area (Å²) in [5.74, 6) is 0.301. The third kappa shape index (κ3) is 10.2. The van der Waals surface area contributed by atoms with Gasteiger partial charge in [0.05, 0.1) is 0 Å². The van der Waals surface area contributed by atoms with Gasteiger partial charge in [0.1, 0.15) is 6.61 Å². The lowest BCUT2D eigenvalue weighted by molar-refractivity contribution is -0.126. The van der Waals surface area contributed by atoms with Crippen molar-refractivity contribution in [2.45, 2.75) is 60.3 Å². The predicted octanol–water partition coefficient (Wildman–Crippen LogP) is 3.83. The Morgan fingerprint density at radius 2 is 1.75 bits per heavy atom. The smallest absolute Gasteiger partial charge is 0.160 e. The van der Waals surface area contributed by atoms with E-state index in [0.29, 0.717) is 5.41 Å². The first-order valence-electron chi connectivity index (χ1n) is 6.43. The molecule has 96 valence electrons. The Bertz CT molecular complexity index is 189. The highest BCUT2D eigenvalue weighted by atomic mass is 16.5. The summed E-state index contributed by atoms with van der Waals surface area (Å²) in [5.41, 5.74) is 0.439. The molecule has 0 rings (SSSR count). The van der Waals surface area contributed by atoms with Crippen molar-refractivity contribution < 1.29 is 9.53 Å². The largest absolute Gasteiger partial charge is 0.374 e. The molecule has 0 heterocycles. The molecule has 0 saturated carbocycles. The van der Waals surface area contributed by atoms with Gasteiger partial charge in [-0.25, -0.2) is 0 Å². The lowest BCUT2D eigenvalue weighted by atomic mass is 9.89. The van der Waals surface area contributed by atoms with Crippen LogP contribution in [0.15, 0.2) is 0 Å². The van der Waals surface area contributed by atoms with Gasteiger partial charge in [0.25, 0.3) is 0 Å².